The van der Waals surface area contributed by atoms with Crippen molar-refractivity contribution in [3.05, 3.63) is 63.4 Å². The van der Waals surface area contributed by atoms with Gasteiger partial charge in [0.05, 0.1) is 13.2 Å². The van der Waals surface area contributed by atoms with Gasteiger partial charge in [-0.1, -0.05) is 22.0 Å². The van der Waals surface area contributed by atoms with Crippen LogP contribution in [0.3, 0.4) is 0 Å². The van der Waals surface area contributed by atoms with Crippen LogP contribution in [0.25, 0.3) is 0 Å². The van der Waals surface area contributed by atoms with Gasteiger partial charge < -0.3 is 4.74 Å². The van der Waals surface area contributed by atoms with E-state index in [4.69, 9.17) is 10.6 Å². The number of nitrogens with two attached hydrogens (primary N) is 1. The molecule has 0 saturated carbocycles. The Balaban J connectivity index is 2.57. The van der Waals surface area contributed by atoms with Crippen LogP contribution in [-0.2, 0) is 0 Å². The Kier molecular flexibility index (Phi) is 4.87. The molecule has 0 aliphatic carbocycles. The molecule has 21 heavy (non-hydrogen) atoms. The van der Waals surface area contributed by atoms with Crippen molar-refractivity contribution in [1.29, 1.82) is 0 Å². The Hall–Kier alpha value is -1.57. The monoisotopic (exact) mass is 360 g/mol. The number of nitrogens with one attached hydrogen (secondary N) is 1. The van der Waals surface area contributed by atoms with Gasteiger partial charge in [0.15, 0.2) is 17.5 Å². The summed E-state index contributed by atoms with van der Waals surface area (Å²) in [6.07, 6.45) is 0. The van der Waals surface area contributed by atoms with Crippen molar-refractivity contribution >= 4 is 15.9 Å². The van der Waals surface area contributed by atoms with Gasteiger partial charge >= 0.3 is 0 Å². The average molecular weight is 361 g/mol. The number of benzene rings is 2. The van der Waals surface area contributed by atoms with Crippen molar-refractivity contribution < 1.29 is 17.9 Å². The molecule has 2 aromatic rings. The molecule has 1 unspecified atom stereocenters. The quantitative estimate of drug-likeness (QED) is 0.498. The fraction of sp³-hybridized carbons (Fsp3) is 0.143. The SMILES string of the molecule is COc1ccc(Br)c(C(NN)c2ccc(F)c(F)c2F)c1. The maximum Gasteiger partial charge on any atom is 0.194 e. The first kappa shape index (κ1) is 15.8. The lowest BCUT2D eigenvalue weighted by Crippen LogP contribution is -2.30. The zero-order valence-electron chi connectivity index (χ0n) is 11.0. The highest BCUT2D eigenvalue weighted by Gasteiger charge is 2.23. The van der Waals surface area contributed by atoms with Gasteiger partial charge in [-0.25, -0.2) is 18.6 Å². The molecule has 0 heterocycles. The van der Waals surface area contributed by atoms with E-state index in [-0.39, 0.29) is 5.56 Å². The number of methoxy groups -OCH3 is 1. The molecular formula is C14H12BrF3N2O. The van der Waals surface area contributed by atoms with Crippen LogP contribution in [0.1, 0.15) is 17.2 Å². The Morgan fingerprint density at radius 1 is 1.10 bits per heavy atom. The zero-order chi connectivity index (χ0) is 15.6. The Morgan fingerprint density at radius 2 is 1.81 bits per heavy atom. The van der Waals surface area contributed by atoms with E-state index in [0.29, 0.717) is 15.8 Å². The summed E-state index contributed by atoms with van der Waals surface area (Å²) in [7, 11) is 1.48. The third kappa shape index (κ3) is 3.04. The van der Waals surface area contributed by atoms with E-state index in [1.165, 1.54) is 7.11 Å². The van der Waals surface area contributed by atoms with E-state index in [9.17, 15) is 13.2 Å². The lowest BCUT2D eigenvalue weighted by atomic mass is 9.98. The van der Waals surface area contributed by atoms with Crippen LogP contribution in [0.4, 0.5) is 13.2 Å². The third-order valence-electron chi connectivity index (χ3n) is 3.06. The molecule has 7 heteroatoms. The number of rotatable bonds is 4. The molecule has 2 rings (SSSR count). The van der Waals surface area contributed by atoms with Crippen molar-refractivity contribution in [2.45, 2.75) is 6.04 Å². The number of hydrogen-bond acceptors (Lipinski definition) is 3. The van der Waals surface area contributed by atoms with Crippen LogP contribution in [0.5, 0.6) is 5.75 Å². The molecule has 0 bridgehead atoms. The minimum atomic E-state index is -1.54. The Bertz CT molecular complexity index is 667. The second-order valence-corrected chi connectivity index (χ2v) is 5.11. The average Bonchev–Trinajstić information content (AvgIpc) is 2.49. The van der Waals surface area contributed by atoms with Crippen LogP contribution in [0.2, 0.25) is 0 Å². The zero-order valence-corrected chi connectivity index (χ0v) is 12.5. The summed E-state index contributed by atoms with van der Waals surface area (Å²) in [5.74, 6) is 1.91. The van der Waals surface area contributed by atoms with Gasteiger partial charge in [-0.2, -0.15) is 0 Å². The second-order valence-electron chi connectivity index (χ2n) is 4.25. The summed E-state index contributed by atoms with van der Waals surface area (Å²) in [6, 6.07) is 6.13. The molecule has 0 aromatic heterocycles. The molecule has 0 amide bonds. The van der Waals surface area contributed by atoms with Crippen LogP contribution in [-0.4, -0.2) is 7.11 Å². The molecule has 0 saturated heterocycles. The van der Waals surface area contributed by atoms with E-state index < -0.39 is 23.5 Å². The van der Waals surface area contributed by atoms with Crippen molar-refractivity contribution in [3.63, 3.8) is 0 Å². The Morgan fingerprint density at radius 3 is 2.43 bits per heavy atom. The first-order valence-electron chi connectivity index (χ1n) is 5.92. The molecular weight excluding hydrogens is 349 g/mol. The molecule has 3 N–H and O–H groups in total. The summed E-state index contributed by atoms with van der Waals surface area (Å²) in [6.45, 7) is 0. The lowest BCUT2D eigenvalue weighted by Gasteiger charge is -2.20. The minimum absolute atomic E-state index is 0.106. The topological polar surface area (TPSA) is 47.3 Å². The number of ether oxygens (including phenoxy) is 1. The fourth-order valence-corrected chi connectivity index (χ4v) is 2.46. The molecule has 0 spiro atoms. The maximum absolute atomic E-state index is 13.9. The van der Waals surface area contributed by atoms with Gasteiger partial charge in [0.25, 0.3) is 0 Å². The van der Waals surface area contributed by atoms with Crippen LogP contribution in [0, 0.1) is 17.5 Å². The third-order valence-corrected chi connectivity index (χ3v) is 3.78. The van der Waals surface area contributed by atoms with Crippen molar-refractivity contribution in [1.82, 2.24) is 5.43 Å². The molecule has 3 nitrogen and oxygen atoms in total. The standard InChI is InChI=1S/C14H12BrF3N2O/c1-21-7-2-4-10(15)9(6-7)14(20-19)8-3-5-11(16)13(18)12(8)17/h2-6,14,20H,19H2,1H3. The van der Waals surface area contributed by atoms with E-state index in [2.05, 4.69) is 21.4 Å². The molecule has 0 radical (unpaired) electrons. The van der Waals surface area contributed by atoms with E-state index in [0.717, 1.165) is 12.1 Å². The summed E-state index contributed by atoms with van der Waals surface area (Å²) >= 11 is 3.31. The smallest absolute Gasteiger partial charge is 0.194 e. The summed E-state index contributed by atoms with van der Waals surface area (Å²) < 4.78 is 46.1. The van der Waals surface area contributed by atoms with Crippen molar-refractivity contribution in [3.8, 4) is 5.75 Å². The predicted octanol–water partition coefficient (Wildman–Crippen LogP) is 3.43. The molecule has 1 atom stereocenters. The summed E-state index contributed by atoms with van der Waals surface area (Å²) in [4.78, 5) is 0. The highest BCUT2D eigenvalue weighted by molar-refractivity contribution is 9.10. The summed E-state index contributed by atoms with van der Waals surface area (Å²) in [5.41, 5.74) is 2.82. The van der Waals surface area contributed by atoms with Crippen LogP contribution in [0.15, 0.2) is 34.8 Å². The lowest BCUT2D eigenvalue weighted by molar-refractivity contribution is 0.412. The minimum Gasteiger partial charge on any atom is -0.497 e. The normalized spacial score (nSPS) is 12.3. The van der Waals surface area contributed by atoms with Gasteiger partial charge in [0, 0.05) is 10.0 Å². The van der Waals surface area contributed by atoms with Gasteiger partial charge in [-0.05, 0) is 29.8 Å². The first-order valence-corrected chi connectivity index (χ1v) is 6.71. The van der Waals surface area contributed by atoms with Crippen LogP contribution < -0.4 is 16.0 Å². The largest absolute Gasteiger partial charge is 0.497 e. The van der Waals surface area contributed by atoms with E-state index >= 15 is 0 Å². The van der Waals surface area contributed by atoms with E-state index in [1.54, 1.807) is 18.2 Å². The molecule has 0 aliphatic rings. The molecule has 0 fully saturated rings. The van der Waals surface area contributed by atoms with Gasteiger partial charge in [0.1, 0.15) is 5.75 Å². The van der Waals surface area contributed by atoms with Gasteiger partial charge in [0.2, 0.25) is 0 Å². The predicted molar refractivity (Wildman–Crippen MR) is 76.2 cm³/mol. The number of halogens is 4. The first-order chi connectivity index (χ1) is 9.99. The van der Waals surface area contributed by atoms with Crippen molar-refractivity contribution in [2.75, 3.05) is 7.11 Å². The maximum atomic E-state index is 13.9. The summed E-state index contributed by atoms with van der Waals surface area (Å²) in [5, 5.41) is 0. The van der Waals surface area contributed by atoms with Crippen LogP contribution >= 0.6 is 15.9 Å². The molecule has 0 aliphatic heterocycles. The Labute approximate surface area is 128 Å². The second kappa shape index (κ2) is 6.46. The van der Waals surface area contributed by atoms with Gasteiger partial charge in [-0.3, -0.25) is 5.84 Å². The van der Waals surface area contributed by atoms with Gasteiger partial charge in [-0.15, -0.1) is 0 Å². The molecule has 112 valence electrons. The number of hydrogen-bond donors (Lipinski definition) is 2. The van der Waals surface area contributed by atoms with E-state index in [1.807, 2.05) is 0 Å². The molecule has 2 aromatic carbocycles. The fourth-order valence-electron chi connectivity index (χ4n) is 1.98. The highest BCUT2D eigenvalue weighted by Crippen LogP contribution is 2.33. The highest BCUT2D eigenvalue weighted by atomic mass is 79.9. The number of hydrazine groups is 1. The van der Waals surface area contributed by atoms with Crippen molar-refractivity contribution in [2.24, 2.45) is 5.84 Å².